The number of hydrogen-bond donors (Lipinski definition) is 2. The van der Waals surface area contributed by atoms with E-state index in [4.69, 9.17) is 11.6 Å². The third kappa shape index (κ3) is 4.91. The van der Waals surface area contributed by atoms with E-state index in [2.05, 4.69) is 10.6 Å². The van der Waals surface area contributed by atoms with E-state index >= 15 is 0 Å². The highest BCUT2D eigenvalue weighted by molar-refractivity contribution is 7.99. The summed E-state index contributed by atoms with van der Waals surface area (Å²) in [4.78, 5) is 12.2. The molecule has 0 radical (unpaired) electrons. The summed E-state index contributed by atoms with van der Waals surface area (Å²) >= 11 is 6.13. The molecule has 2 amide bonds. The lowest BCUT2D eigenvalue weighted by Crippen LogP contribution is -2.19. The van der Waals surface area contributed by atoms with Gasteiger partial charge < -0.3 is 10.6 Å². The van der Waals surface area contributed by atoms with Crippen molar-refractivity contribution in [2.24, 2.45) is 0 Å². The van der Waals surface area contributed by atoms with Gasteiger partial charge >= 0.3 is 6.03 Å². The molecule has 0 heterocycles. The molecule has 2 aromatic rings. The number of rotatable bonds is 4. The van der Waals surface area contributed by atoms with Crippen molar-refractivity contribution < 1.29 is 13.6 Å². The molecule has 0 saturated carbocycles. The highest BCUT2D eigenvalue weighted by Gasteiger charge is 2.11. The number of para-hydroxylation sites is 1. The first kappa shape index (κ1) is 15.6. The van der Waals surface area contributed by atoms with Gasteiger partial charge in [-0.2, -0.15) is 8.78 Å². The van der Waals surface area contributed by atoms with E-state index in [1.54, 1.807) is 42.5 Å². The second-order valence-electron chi connectivity index (χ2n) is 3.96. The quantitative estimate of drug-likeness (QED) is 0.748. The molecule has 0 bridgehead atoms. The second-order valence-corrected chi connectivity index (χ2v) is 5.43. The van der Waals surface area contributed by atoms with Crippen LogP contribution in [0.1, 0.15) is 0 Å². The fourth-order valence-corrected chi connectivity index (χ4v) is 2.31. The van der Waals surface area contributed by atoms with Gasteiger partial charge in [0.2, 0.25) is 0 Å². The van der Waals surface area contributed by atoms with Gasteiger partial charge in [0, 0.05) is 15.6 Å². The van der Waals surface area contributed by atoms with Gasteiger partial charge in [0.25, 0.3) is 5.76 Å². The van der Waals surface area contributed by atoms with Crippen LogP contribution in [0.5, 0.6) is 0 Å². The average Bonchev–Trinajstić information content (AvgIpc) is 2.43. The summed E-state index contributed by atoms with van der Waals surface area (Å²) in [6.45, 7) is 0. The summed E-state index contributed by atoms with van der Waals surface area (Å²) in [7, 11) is 0. The van der Waals surface area contributed by atoms with E-state index in [0.717, 1.165) is 0 Å². The third-order valence-electron chi connectivity index (χ3n) is 2.45. The number of hydrogen-bond acceptors (Lipinski definition) is 2. The second kappa shape index (κ2) is 7.28. The van der Waals surface area contributed by atoms with Crippen LogP contribution in [0.15, 0.2) is 53.4 Å². The van der Waals surface area contributed by atoms with Crippen LogP contribution in [0.25, 0.3) is 0 Å². The Balaban J connectivity index is 2.04. The van der Waals surface area contributed by atoms with E-state index in [1.165, 1.54) is 6.07 Å². The first-order valence-electron chi connectivity index (χ1n) is 5.92. The van der Waals surface area contributed by atoms with Crippen molar-refractivity contribution in [1.82, 2.24) is 0 Å². The SMILES string of the molecule is O=C(Nc1ccc(Cl)cc1)Nc1ccccc1SC(F)F. The van der Waals surface area contributed by atoms with Crippen molar-refractivity contribution in [3.8, 4) is 0 Å². The number of thioether (sulfide) groups is 1. The minimum Gasteiger partial charge on any atom is -0.308 e. The molecule has 2 rings (SSSR count). The lowest BCUT2D eigenvalue weighted by Gasteiger charge is -2.11. The zero-order chi connectivity index (χ0) is 15.2. The highest BCUT2D eigenvalue weighted by Crippen LogP contribution is 2.31. The molecule has 0 aliphatic heterocycles. The Bertz CT molecular complexity index is 623. The van der Waals surface area contributed by atoms with E-state index in [0.29, 0.717) is 33.1 Å². The fraction of sp³-hybridized carbons (Fsp3) is 0.0714. The smallest absolute Gasteiger partial charge is 0.308 e. The van der Waals surface area contributed by atoms with Crippen LogP contribution < -0.4 is 10.6 Å². The van der Waals surface area contributed by atoms with Gasteiger partial charge in [-0.15, -0.1) is 0 Å². The van der Waals surface area contributed by atoms with Crippen molar-refractivity contribution >= 4 is 40.8 Å². The van der Waals surface area contributed by atoms with Crippen LogP contribution in [0.4, 0.5) is 25.0 Å². The Kier molecular flexibility index (Phi) is 5.41. The predicted octanol–water partition coefficient (Wildman–Crippen LogP) is 5.30. The Morgan fingerprint density at radius 3 is 2.38 bits per heavy atom. The van der Waals surface area contributed by atoms with E-state index in [1.807, 2.05) is 0 Å². The number of halogens is 3. The van der Waals surface area contributed by atoms with Crippen molar-refractivity contribution in [3.05, 3.63) is 53.6 Å². The number of alkyl halides is 2. The summed E-state index contributed by atoms with van der Waals surface area (Å²) < 4.78 is 24.9. The van der Waals surface area contributed by atoms with Gasteiger partial charge in [0.1, 0.15) is 0 Å². The number of carbonyl (C=O) groups excluding carboxylic acids is 1. The van der Waals surface area contributed by atoms with Crippen molar-refractivity contribution in [1.29, 1.82) is 0 Å². The number of amides is 2. The largest absolute Gasteiger partial charge is 0.323 e. The Labute approximate surface area is 129 Å². The number of nitrogens with one attached hydrogen (secondary N) is 2. The topological polar surface area (TPSA) is 41.1 Å². The molecule has 0 unspecified atom stereocenters. The van der Waals surface area contributed by atoms with E-state index in [-0.39, 0.29) is 0 Å². The Hall–Kier alpha value is -1.79. The first-order chi connectivity index (χ1) is 10.0. The van der Waals surface area contributed by atoms with Crippen molar-refractivity contribution in [2.75, 3.05) is 10.6 Å². The van der Waals surface area contributed by atoms with Crippen molar-refractivity contribution in [3.63, 3.8) is 0 Å². The van der Waals surface area contributed by atoms with Crippen LogP contribution in [-0.2, 0) is 0 Å². The monoisotopic (exact) mass is 328 g/mol. The van der Waals surface area contributed by atoms with Crippen molar-refractivity contribution in [2.45, 2.75) is 10.7 Å². The fourth-order valence-electron chi connectivity index (χ4n) is 1.59. The molecule has 0 spiro atoms. The zero-order valence-corrected chi connectivity index (χ0v) is 12.2. The van der Waals surface area contributed by atoms with E-state index in [9.17, 15) is 13.6 Å². The summed E-state index contributed by atoms with van der Waals surface area (Å²) in [5, 5.41) is 5.69. The number of anilines is 2. The molecule has 0 aromatic heterocycles. The maximum absolute atomic E-state index is 12.4. The lowest BCUT2D eigenvalue weighted by molar-refractivity contribution is 0.252. The average molecular weight is 329 g/mol. The number of carbonyl (C=O) groups is 1. The maximum atomic E-state index is 12.4. The van der Waals surface area contributed by atoms with Crippen LogP contribution in [0.3, 0.4) is 0 Å². The zero-order valence-electron chi connectivity index (χ0n) is 10.6. The number of benzene rings is 2. The minimum atomic E-state index is -2.55. The standard InChI is InChI=1S/C14H11ClF2N2OS/c15-9-5-7-10(8-6-9)18-14(20)19-11-3-1-2-4-12(11)21-13(16)17/h1-8,13H,(H2,18,19,20). The number of urea groups is 1. The molecular weight excluding hydrogens is 318 g/mol. The van der Waals surface area contributed by atoms with Gasteiger partial charge in [-0.25, -0.2) is 4.79 Å². The first-order valence-corrected chi connectivity index (χ1v) is 7.18. The molecule has 2 aromatic carbocycles. The molecule has 0 atom stereocenters. The minimum absolute atomic E-state index is 0.304. The maximum Gasteiger partial charge on any atom is 0.323 e. The van der Waals surface area contributed by atoms with Gasteiger partial charge in [0.15, 0.2) is 0 Å². The van der Waals surface area contributed by atoms with Crippen LogP contribution in [-0.4, -0.2) is 11.8 Å². The molecule has 110 valence electrons. The van der Waals surface area contributed by atoms with Gasteiger partial charge in [0.05, 0.1) is 5.69 Å². The Morgan fingerprint density at radius 2 is 1.71 bits per heavy atom. The lowest BCUT2D eigenvalue weighted by atomic mass is 10.3. The third-order valence-corrected chi connectivity index (χ3v) is 3.49. The van der Waals surface area contributed by atoms with Gasteiger partial charge in [-0.3, -0.25) is 0 Å². The molecule has 21 heavy (non-hydrogen) atoms. The molecule has 2 N–H and O–H groups in total. The van der Waals surface area contributed by atoms with Gasteiger partial charge in [-0.05, 0) is 36.4 Å². The molecule has 0 fully saturated rings. The summed E-state index contributed by atoms with van der Waals surface area (Å²) in [5.41, 5.74) is 0.880. The highest BCUT2D eigenvalue weighted by atomic mass is 35.5. The van der Waals surface area contributed by atoms with Crippen LogP contribution in [0, 0.1) is 0 Å². The molecule has 0 aliphatic carbocycles. The van der Waals surface area contributed by atoms with Crippen LogP contribution in [0.2, 0.25) is 5.02 Å². The van der Waals surface area contributed by atoms with Gasteiger partial charge in [-0.1, -0.05) is 35.5 Å². The predicted molar refractivity (Wildman–Crippen MR) is 82.4 cm³/mol. The summed E-state index contributed by atoms with van der Waals surface area (Å²) in [6, 6.07) is 12.4. The Morgan fingerprint density at radius 1 is 1.05 bits per heavy atom. The molecule has 3 nitrogen and oxygen atoms in total. The van der Waals surface area contributed by atoms with E-state index < -0.39 is 11.8 Å². The molecule has 0 aliphatic rings. The molecular formula is C14H11ClF2N2OS. The molecule has 7 heteroatoms. The van der Waals surface area contributed by atoms with Crippen LogP contribution >= 0.6 is 23.4 Å². The molecule has 0 saturated heterocycles. The summed E-state index contributed by atoms with van der Waals surface area (Å²) in [5.74, 6) is -2.55. The normalized spacial score (nSPS) is 10.5. The summed E-state index contributed by atoms with van der Waals surface area (Å²) in [6.07, 6.45) is 0.